The summed E-state index contributed by atoms with van der Waals surface area (Å²) in [4.78, 5) is 0.135. The van der Waals surface area contributed by atoms with Crippen LogP contribution in [0, 0.1) is 0 Å². The lowest BCUT2D eigenvalue weighted by Crippen LogP contribution is -2.41. The van der Waals surface area contributed by atoms with E-state index in [-0.39, 0.29) is 10.7 Å². The summed E-state index contributed by atoms with van der Waals surface area (Å²) in [6.07, 6.45) is 2.49. The number of rotatable bonds is 4. The molecule has 0 saturated carbocycles. The first-order valence-corrected chi connectivity index (χ1v) is 8.92. The molecule has 1 aromatic heterocycles. The zero-order chi connectivity index (χ0) is 14.0. The van der Waals surface area contributed by atoms with Crippen LogP contribution in [0.15, 0.2) is 11.1 Å². The van der Waals surface area contributed by atoms with Crippen LogP contribution >= 0.6 is 11.8 Å². The van der Waals surface area contributed by atoms with Gasteiger partial charge in [0.15, 0.2) is 5.82 Å². The summed E-state index contributed by atoms with van der Waals surface area (Å²) >= 11 is 1.83. The van der Waals surface area contributed by atoms with Gasteiger partial charge in [0.25, 0.3) is 0 Å². The molecule has 0 aromatic carbocycles. The number of thioether (sulfide) groups is 1. The van der Waals surface area contributed by atoms with Crippen molar-refractivity contribution in [2.75, 3.05) is 24.6 Å². The van der Waals surface area contributed by atoms with Gasteiger partial charge < -0.3 is 5.73 Å². The first kappa shape index (κ1) is 14.7. The number of nitrogens with zero attached hydrogens (tertiary/aromatic N) is 3. The van der Waals surface area contributed by atoms with E-state index in [4.69, 9.17) is 5.73 Å². The van der Waals surface area contributed by atoms with Crippen LogP contribution in [-0.2, 0) is 16.6 Å². The first-order valence-electron chi connectivity index (χ1n) is 6.43. The van der Waals surface area contributed by atoms with Crippen LogP contribution in [0.4, 0.5) is 5.82 Å². The third-order valence-electron chi connectivity index (χ3n) is 3.25. The van der Waals surface area contributed by atoms with E-state index in [0.29, 0.717) is 24.9 Å². The molecule has 8 heteroatoms. The number of hydrogen-bond donors (Lipinski definition) is 1. The van der Waals surface area contributed by atoms with Gasteiger partial charge in [-0.15, -0.1) is 0 Å². The highest BCUT2D eigenvalue weighted by atomic mass is 32.2. The molecule has 2 N–H and O–H groups in total. The number of anilines is 1. The molecule has 0 aliphatic carbocycles. The summed E-state index contributed by atoms with van der Waals surface area (Å²) in [5.74, 6) is 0.924. The second-order valence-corrected chi connectivity index (χ2v) is 7.81. The Labute approximate surface area is 118 Å². The summed E-state index contributed by atoms with van der Waals surface area (Å²) in [5, 5.41) is 4.38. The van der Waals surface area contributed by atoms with Crippen molar-refractivity contribution < 1.29 is 8.42 Å². The zero-order valence-electron chi connectivity index (χ0n) is 11.2. The number of nitrogens with two attached hydrogens (primary N) is 1. The van der Waals surface area contributed by atoms with Crippen LogP contribution in [0.3, 0.4) is 0 Å². The average Bonchev–Trinajstić information content (AvgIpc) is 2.81. The van der Waals surface area contributed by atoms with E-state index in [1.165, 1.54) is 10.5 Å². The summed E-state index contributed by atoms with van der Waals surface area (Å²) < 4.78 is 28.3. The predicted octanol–water partition coefficient (Wildman–Crippen LogP) is 1.00. The van der Waals surface area contributed by atoms with E-state index >= 15 is 0 Å². The van der Waals surface area contributed by atoms with Gasteiger partial charge in [-0.05, 0) is 13.3 Å². The fourth-order valence-corrected chi connectivity index (χ4v) is 5.01. The molecule has 1 aliphatic rings. The molecule has 1 atom stereocenters. The minimum atomic E-state index is -3.51. The maximum Gasteiger partial charge on any atom is 0.248 e. The lowest BCUT2D eigenvalue weighted by atomic mass is 10.3. The molecule has 1 unspecified atom stereocenters. The van der Waals surface area contributed by atoms with Crippen molar-refractivity contribution in [3.63, 3.8) is 0 Å². The van der Waals surface area contributed by atoms with Crippen molar-refractivity contribution >= 4 is 27.6 Å². The second kappa shape index (κ2) is 5.72. The third-order valence-corrected chi connectivity index (χ3v) is 6.51. The first-order chi connectivity index (χ1) is 8.98. The van der Waals surface area contributed by atoms with Crippen molar-refractivity contribution in [1.82, 2.24) is 14.1 Å². The molecule has 1 fully saturated rings. The van der Waals surface area contributed by atoms with Gasteiger partial charge in [0, 0.05) is 36.8 Å². The van der Waals surface area contributed by atoms with Gasteiger partial charge in [-0.3, -0.25) is 4.68 Å². The summed E-state index contributed by atoms with van der Waals surface area (Å²) in [5.41, 5.74) is 5.73. The van der Waals surface area contributed by atoms with E-state index in [2.05, 4.69) is 12.0 Å². The van der Waals surface area contributed by atoms with Crippen LogP contribution in [0.5, 0.6) is 0 Å². The molecule has 19 heavy (non-hydrogen) atoms. The van der Waals surface area contributed by atoms with E-state index < -0.39 is 10.0 Å². The Morgan fingerprint density at radius 2 is 2.26 bits per heavy atom. The zero-order valence-corrected chi connectivity index (χ0v) is 12.9. The molecule has 0 radical (unpaired) electrons. The van der Waals surface area contributed by atoms with Gasteiger partial charge in [0.2, 0.25) is 10.0 Å². The number of aryl methyl sites for hydroxylation is 1. The molecule has 2 rings (SSSR count). The smallest absolute Gasteiger partial charge is 0.248 e. The number of hydrogen-bond acceptors (Lipinski definition) is 5. The van der Waals surface area contributed by atoms with Gasteiger partial charge in [-0.1, -0.05) is 6.92 Å². The third kappa shape index (κ3) is 2.90. The standard InChI is InChI=1S/C11H20N4O2S2/c1-3-9-7-15(5-6-18-9)19(16,17)10-8-14(4-2)13-11(10)12/h8-9H,3-7H2,1-2H3,(H2,12,13). The van der Waals surface area contributed by atoms with Crippen molar-refractivity contribution in [3.05, 3.63) is 6.20 Å². The maximum atomic E-state index is 12.6. The number of aromatic nitrogens is 2. The van der Waals surface area contributed by atoms with Crippen molar-refractivity contribution in [3.8, 4) is 0 Å². The number of sulfonamides is 1. The van der Waals surface area contributed by atoms with Gasteiger partial charge in [-0.25, -0.2) is 8.42 Å². The van der Waals surface area contributed by atoms with Crippen molar-refractivity contribution in [2.24, 2.45) is 0 Å². The highest BCUT2D eigenvalue weighted by Crippen LogP contribution is 2.28. The molecule has 0 amide bonds. The Kier molecular flexibility index (Phi) is 4.42. The summed E-state index contributed by atoms with van der Waals surface area (Å²) in [6, 6.07) is 0. The fourth-order valence-electron chi connectivity index (χ4n) is 2.08. The average molecular weight is 304 g/mol. The molecule has 1 aliphatic heterocycles. The summed E-state index contributed by atoms with van der Waals surface area (Å²) in [6.45, 7) is 5.68. The van der Waals surface area contributed by atoms with E-state index in [9.17, 15) is 8.42 Å². The second-order valence-electron chi connectivity index (χ2n) is 4.50. The molecule has 1 aromatic rings. The molecule has 0 bridgehead atoms. The summed E-state index contributed by atoms with van der Waals surface area (Å²) in [7, 11) is -3.51. The molecule has 2 heterocycles. The van der Waals surface area contributed by atoms with E-state index in [1.54, 1.807) is 4.68 Å². The minimum absolute atomic E-state index is 0.0909. The van der Waals surface area contributed by atoms with Gasteiger partial charge >= 0.3 is 0 Å². The monoisotopic (exact) mass is 304 g/mol. The Morgan fingerprint density at radius 3 is 2.84 bits per heavy atom. The molecular formula is C11H20N4O2S2. The molecular weight excluding hydrogens is 284 g/mol. The SMILES string of the molecule is CCC1CN(S(=O)(=O)c2cn(CC)nc2N)CCS1. The van der Waals surface area contributed by atoms with Crippen LogP contribution in [-0.4, -0.2) is 46.6 Å². The van der Waals surface area contributed by atoms with Crippen LogP contribution < -0.4 is 5.73 Å². The Hall–Kier alpha value is -0.730. The number of nitrogen functional groups attached to an aromatic ring is 1. The quantitative estimate of drug-likeness (QED) is 0.897. The minimum Gasteiger partial charge on any atom is -0.381 e. The van der Waals surface area contributed by atoms with E-state index in [0.717, 1.165) is 12.2 Å². The highest BCUT2D eigenvalue weighted by molar-refractivity contribution is 8.00. The lowest BCUT2D eigenvalue weighted by Gasteiger charge is -2.30. The normalized spacial score (nSPS) is 21.7. The van der Waals surface area contributed by atoms with Crippen molar-refractivity contribution in [1.29, 1.82) is 0 Å². The Morgan fingerprint density at radius 1 is 1.53 bits per heavy atom. The maximum absolute atomic E-state index is 12.6. The molecule has 1 saturated heterocycles. The predicted molar refractivity (Wildman–Crippen MR) is 77.6 cm³/mol. The molecule has 0 spiro atoms. The van der Waals surface area contributed by atoms with Crippen LogP contribution in [0.1, 0.15) is 20.3 Å². The molecule has 108 valence electrons. The fraction of sp³-hybridized carbons (Fsp3) is 0.727. The Balaban J connectivity index is 2.28. The highest BCUT2D eigenvalue weighted by Gasteiger charge is 2.32. The lowest BCUT2D eigenvalue weighted by molar-refractivity contribution is 0.416. The van der Waals surface area contributed by atoms with Gasteiger partial charge in [0.05, 0.1) is 0 Å². The van der Waals surface area contributed by atoms with Crippen LogP contribution in [0.25, 0.3) is 0 Å². The molecule has 6 nitrogen and oxygen atoms in total. The van der Waals surface area contributed by atoms with Crippen LogP contribution in [0.2, 0.25) is 0 Å². The van der Waals surface area contributed by atoms with E-state index in [1.807, 2.05) is 18.7 Å². The largest absolute Gasteiger partial charge is 0.381 e. The van der Waals surface area contributed by atoms with Crippen molar-refractivity contribution in [2.45, 2.75) is 37.0 Å². The van der Waals surface area contributed by atoms with Gasteiger partial charge in [-0.2, -0.15) is 21.2 Å². The Bertz CT molecular complexity index is 541. The van der Waals surface area contributed by atoms with Gasteiger partial charge in [0.1, 0.15) is 4.90 Å². The topological polar surface area (TPSA) is 81.2 Å².